The number of rotatable bonds is 1. The fourth-order valence-electron chi connectivity index (χ4n) is 1.23. The van der Waals surface area contributed by atoms with Gasteiger partial charge in [0.2, 0.25) is 0 Å². The van der Waals surface area contributed by atoms with Crippen LogP contribution >= 0.6 is 11.8 Å². The number of nitrogens with zero attached hydrogens (tertiary/aromatic N) is 2. The van der Waals surface area contributed by atoms with Crippen LogP contribution in [0.15, 0.2) is 34.2 Å². The summed E-state index contributed by atoms with van der Waals surface area (Å²) in [5.41, 5.74) is 6.86. The van der Waals surface area contributed by atoms with Crippen molar-refractivity contribution in [1.82, 2.24) is 0 Å². The average Bonchev–Trinajstić information content (AvgIpc) is 2.59. The van der Waals surface area contributed by atoms with Gasteiger partial charge in [-0.3, -0.25) is 4.79 Å². The molecule has 0 fully saturated rings. The van der Waals surface area contributed by atoms with Gasteiger partial charge in [0.15, 0.2) is 5.17 Å². The summed E-state index contributed by atoms with van der Waals surface area (Å²) in [7, 11) is 0. The minimum atomic E-state index is -0.313. The molecule has 0 spiro atoms. The van der Waals surface area contributed by atoms with Crippen LogP contribution in [0.5, 0.6) is 0 Å². The highest BCUT2D eigenvalue weighted by Crippen LogP contribution is 2.26. The van der Waals surface area contributed by atoms with E-state index in [1.165, 1.54) is 0 Å². The van der Waals surface area contributed by atoms with Crippen LogP contribution in [0.3, 0.4) is 0 Å². The molecule has 4 nitrogen and oxygen atoms in total. The standard InChI is InChI=1S/C11H7N3OS/c12-6-8-3-1-7(2-4-8)5-9-10(15)14-11(13)16-9/h1-5H,(H2,13,14,15). The van der Waals surface area contributed by atoms with Gasteiger partial charge in [-0.05, 0) is 35.5 Å². The maximum absolute atomic E-state index is 11.3. The lowest BCUT2D eigenvalue weighted by Gasteiger charge is -1.95. The van der Waals surface area contributed by atoms with Crippen LogP contribution in [0.25, 0.3) is 6.08 Å². The molecule has 78 valence electrons. The molecular formula is C11H7N3OS. The number of benzene rings is 1. The summed E-state index contributed by atoms with van der Waals surface area (Å²) in [6.07, 6.45) is 1.71. The Morgan fingerprint density at radius 1 is 1.38 bits per heavy atom. The maximum Gasteiger partial charge on any atom is 0.286 e. The van der Waals surface area contributed by atoms with Gasteiger partial charge in [-0.2, -0.15) is 10.3 Å². The SMILES string of the molecule is N#Cc1ccc(C=C2SC(N)=NC2=O)cc1. The topological polar surface area (TPSA) is 79.2 Å². The molecule has 1 aromatic rings. The Morgan fingerprint density at radius 2 is 2.06 bits per heavy atom. The van der Waals surface area contributed by atoms with E-state index in [-0.39, 0.29) is 11.1 Å². The van der Waals surface area contributed by atoms with Crippen molar-refractivity contribution in [3.63, 3.8) is 0 Å². The first-order valence-electron chi connectivity index (χ1n) is 4.47. The minimum Gasteiger partial charge on any atom is -0.378 e. The molecule has 16 heavy (non-hydrogen) atoms. The van der Waals surface area contributed by atoms with E-state index in [1.807, 2.05) is 6.07 Å². The van der Waals surface area contributed by atoms with Crippen LogP contribution in [-0.2, 0) is 4.79 Å². The zero-order valence-electron chi connectivity index (χ0n) is 8.18. The van der Waals surface area contributed by atoms with E-state index in [2.05, 4.69) is 4.99 Å². The fourth-order valence-corrected chi connectivity index (χ4v) is 1.91. The zero-order chi connectivity index (χ0) is 11.5. The summed E-state index contributed by atoms with van der Waals surface area (Å²) in [4.78, 5) is 15.4. The quantitative estimate of drug-likeness (QED) is 0.740. The normalized spacial score (nSPS) is 17.3. The smallest absolute Gasteiger partial charge is 0.286 e. The Labute approximate surface area is 96.5 Å². The molecule has 0 aliphatic carbocycles. The van der Waals surface area contributed by atoms with Gasteiger partial charge in [0.1, 0.15) is 0 Å². The van der Waals surface area contributed by atoms with Gasteiger partial charge in [-0.15, -0.1) is 0 Å². The van der Waals surface area contributed by atoms with Crippen molar-refractivity contribution in [1.29, 1.82) is 5.26 Å². The van der Waals surface area contributed by atoms with Crippen LogP contribution in [0.1, 0.15) is 11.1 Å². The molecule has 0 saturated carbocycles. The molecule has 1 aliphatic rings. The molecule has 1 aliphatic heterocycles. The second kappa shape index (κ2) is 4.21. The molecule has 0 bridgehead atoms. The number of amidine groups is 1. The minimum absolute atomic E-state index is 0.268. The second-order valence-corrected chi connectivity index (χ2v) is 4.16. The highest BCUT2D eigenvalue weighted by atomic mass is 32.2. The van der Waals surface area contributed by atoms with E-state index in [0.717, 1.165) is 17.3 Å². The molecule has 2 rings (SSSR count). The number of aliphatic imine (C=N–C) groups is 1. The molecule has 0 atom stereocenters. The van der Waals surface area contributed by atoms with Crippen LogP contribution in [0, 0.1) is 11.3 Å². The van der Waals surface area contributed by atoms with E-state index in [0.29, 0.717) is 10.5 Å². The van der Waals surface area contributed by atoms with Crippen LogP contribution in [-0.4, -0.2) is 11.1 Å². The molecular weight excluding hydrogens is 222 g/mol. The molecule has 1 aromatic carbocycles. The number of carbonyl (C=O) groups is 1. The number of thioether (sulfide) groups is 1. The maximum atomic E-state index is 11.3. The number of nitrogens with two attached hydrogens (primary N) is 1. The second-order valence-electron chi connectivity index (χ2n) is 3.10. The molecule has 0 radical (unpaired) electrons. The van der Waals surface area contributed by atoms with Crippen LogP contribution in [0.4, 0.5) is 0 Å². The highest BCUT2D eigenvalue weighted by Gasteiger charge is 2.19. The Hall–Kier alpha value is -2.06. The van der Waals surface area contributed by atoms with E-state index < -0.39 is 0 Å². The largest absolute Gasteiger partial charge is 0.378 e. The third-order valence-corrected chi connectivity index (χ3v) is 2.79. The number of hydrogen-bond donors (Lipinski definition) is 1. The van der Waals surface area contributed by atoms with Gasteiger partial charge in [0.05, 0.1) is 16.5 Å². The van der Waals surface area contributed by atoms with Crippen molar-refractivity contribution >= 4 is 28.9 Å². The monoisotopic (exact) mass is 229 g/mol. The Morgan fingerprint density at radius 3 is 2.56 bits per heavy atom. The lowest BCUT2D eigenvalue weighted by Crippen LogP contribution is -2.01. The summed E-state index contributed by atoms with van der Waals surface area (Å²) in [5.74, 6) is -0.313. The molecule has 0 aromatic heterocycles. The first kappa shape index (κ1) is 10.5. The predicted molar refractivity (Wildman–Crippen MR) is 63.4 cm³/mol. The summed E-state index contributed by atoms with van der Waals surface area (Å²) >= 11 is 1.15. The number of amides is 1. The van der Waals surface area contributed by atoms with Gasteiger partial charge in [-0.25, -0.2) is 0 Å². The van der Waals surface area contributed by atoms with Crippen molar-refractivity contribution in [2.75, 3.05) is 0 Å². The van der Waals surface area contributed by atoms with Gasteiger partial charge < -0.3 is 5.73 Å². The number of hydrogen-bond acceptors (Lipinski definition) is 4. The molecule has 0 saturated heterocycles. The third-order valence-electron chi connectivity index (χ3n) is 1.97. The van der Waals surface area contributed by atoms with Gasteiger partial charge >= 0.3 is 0 Å². The van der Waals surface area contributed by atoms with E-state index in [1.54, 1.807) is 30.3 Å². The Balaban J connectivity index is 2.25. The highest BCUT2D eigenvalue weighted by molar-refractivity contribution is 8.18. The van der Waals surface area contributed by atoms with Crippen molar-refractivity contribution in [2.24, 2.45) is 10.7 Å². The average molecular weight is 229 g/mol. The summed E-state index contributed by atoms with van der Waals surface area (Å²) < 4.78 is 0. The van der Waals surface area contributed by atoms with Crippen molar-refractivity contribution in [3.8, 4) is 6.07 Å². The van der Waals surface area contributed by atoms with Crippen LogP contribution in [0.2, 0.25) is 0 Å². The van der Waals surface area contributed by atoms with Crippen molar-refractivity contribution in [3.05, 3.63) is 40.3 Å². The van der Waals surface area contributed by atoms with E-state index in [9.17, 15) is 4.79 Å². The van der Waals surface area contributed by atoms with Crippen molar-refractivity contribution in [2.45, 2.75) is 0 Å². The summed E-state index contributed by atoms with van der Waals surface area (Å²) in [6.45, 7) is 0. The van der Waals surface area contributed by atoms with Gasteiger partial charge in [-0.1, -0.05) is 12.1 Å². The molecule has 1 heterocycles. The van der Waals surface area contributed by atoms with Gasteiger partial charge in [0, 0.05) is 0 Å². The predicted octanol–water partition coefficient (Wildman–Crippen LogP) is 1.49. The Kier molecular flexibility index (Phi) is 2.75. The lowest BCUT2D eigenvalue weighted by molar-refractivity contribution is -0.113. The number of carbonyl (C=O) groups excluding carboxylic acids is 1. The third kappa shape index (κ3) is 2.12. The molecule has 0 unspecified atom stereocenters. The van der Waals surface area contributed by atoms with Gasteiger partial charge in [0.25, 0.3) is 5.91 Å². The first-order chi connectivity index (χ1) is 7.69. The number of nitriles is 1. The molecule has 5 heteroatoms. The Bertz CT molecular complexity index is 537. The lowest BCUT2D eigenvalue weighted by atomic mass is 10.1. The zero-order valence-corrected chi connectivity index (χ0v) is 8.99. The van der Waals surface area contributed by atoms with Crippen molar-refractivity contribution < 1.29 is 4.79 Å². The van der Waals surface area contributed by atoms with E-state index >= 15 is 0 Å². The molecule has 2 N–H and O–H groups in total. The van der Waals surface area contributed by atoms with Crippen LogP contribution < -0.4 is 5.73 Å². The summed E-state index contributed by atoms with van der Waals surface area (Å²) in [6, 6.07) is 8.96. The fraction of sp³-hybridized carbons (Fsp3) is 0. The molecule has 1 amide bonds. The first-order valence-corrected chi connectivity index (χ1v) is 5.29. The summed E-state index contributed by atoms with van der Waals surface area (Å²) in [5, 5.41) is 8.90. The van der Waals surface area contributed by atoms with E-state index in [4.69, 9.17) is 11.0 Å².